The minimum absolute atomic E-state index is 0.218. The Balaban J connectivity index is 5.27. The summed E-state index contributed by atoms with van der Waals surface area (Å²) >= 11 is 0. The van der Waals surface area contributed by atoms with Gasteiger partial charge < -0.3 is 37.6 Å². The first-order valence-corrected chi connectivity index (χ1v) is 12.3. The van der Waals surface area contributed by atoms with Crippen LogP contribution in [0, 0.1) is 0 Å². The Bertz CT molecular complexity index is 297. The summed E-state index contributed by atoms with van der Waals surface area (Å²) in [5, 5.41) is 3.25. The molecule has 3 N–H and O–H groups in total. The maximum absolute atomic E-state index is 5.87. The third-order valence-corrected chi connectivity index (χ3v) is 12.4. The molecule has 0 spiro atoms. The molecule has 0 bridgehead atoms. The largest absolute Gasteiger partial charge is 0.507 e. The molecule has 0 aromatic heterocycles. The van der Waals surface area contributed by atoms with Crippen LogP contribution in [-0.4, -0.2) is 79.4 Å². The lowest BCUT2D eigenvalue weighted by Gasteiger charge is -2.39. The SMILES string of the molecule is CCCNC(CN)CCCC([Si](OC)(OC)OC)[Si](OC)(OC)OC. The third-order valence-electron chi connectivity index (χ3n) is 4.57. The zero-order chi connectivity index (χ0) is 19.3. The molecule has 0 heterocycles. The van der Waals surface area contributed by atoms with Crippen LogP contribution in [0.15, 0.2) is 0 Å². The lowest BCUT2D eigenvalue weighted by atomic mass is 10.1. The molecule has 0 amide bonds. The highest BCUT2D eigenvalue weighted by Gasteiger charge is 2.63. The van der Waals surface area contributed by atoms with Crippen molar-refractivity contribution in [1.29, 1.82) is 0 Å². The highest BCUT2D eigenvalue weighted by Crippen LogP contribution is 2.39. The van der Waals surface area contributed by atoms with Gasteiger partial charge in [0, 0.05) is 55.2 Å². The second-order valence-electron chi connectivity index (χ2n) is 5.80. The summed E-state index contributed by atoms with van der Waals surface area (Å²) < 4.78 is 34.2. The van der Waals surface area contributed by atoms with Gasteiger partial charge in [0.25, 0.3) is 0 Å². The van der Waals surface area contributed by atoms with Crippen molar-refractivity contribution in [3.05, 3.63) is 0 Å². The van der Waals surface area contributed by atoms with Crippen LogP contribution < -0.4 is 11.1 Å². The van der Waals surface area contributed by atoms with Gasteiger partial charge in [-0.2, -0.15) is 0 Å². The summed E-state index contributed by atoms with van der Waals surface area (Å²) in [5.74, 6) is 0. The number of hydrogen-bond donors (Lipinski definition) is 2. The van der Waals surface area contributed by atoms with E-state index in [1.165, 1.54) is 0 Å². The predicted molar refractivity (Wildman–Crippen MR) is 102 cm³/mol. The van der Waals surface area contributed by atoms with E-state index in [9.17, 15) is 0 Å². The molecule has 152 valence electrons. The Morgan fingerprint density at radius 1 is 0.800 bits per heavy atom. The second kappa shape index (κ2) is 13.3. The van der Waals surface area contributed by atoms with Crippen molar-refractivity contribution < 1.29 is 26.6 Å². The van der Waals surface area contributed by atoms with Crippen LogP contribution in [0.5, 0.6) is 0 Å². The highest BCUT2D eigenvalue weighted by molar-refractivity contribution is 6.82. The van der Waals surface area contributed by atoms with Crippen molar-refractivity contribution in [2.75, 3.05) is 55.7 Å². The molecule has 0 saturated carbocycles. The van der Waals surface area contributed by atoms with Crippen molar-refractivity contribution in [3.8, 4) is 0 Å². The Morgan fingerprint density at radius 3 is 1.56 bits per heavy atom. The molecular formula is C15H38N2O6Si2. The first kappa shape index (κ1) is 25.1. The maximum Gasteiger partial charge on any atom is 0.507 e. The van der Waals surface area contributed by atoms with Crippen molar-refractivity contribution in [1.82, 2.24) is 5.32 Å². The fourth-order valence-corrected chi connectivity index (χ4v) is 10.8. The predicted octanol–water partition coefficient (Wildman–Crippen LogP) is 1.15. The molecule has 25 heavy (non-hydrogen) atoms. The van der Waals surface area contributed by atoms with Crippen LogP contribution in [-0.2, 0) is 26.6 Å². The van der Waals surface area contributed by atoms with Gasteiger partial charge in [-0.1, -0.05) is 13.3 Å². The van der Waals surface area contributed by atoms with E-state index in [0.717, 1.165) is 32.2 Å². The zero-order valence-electron chi connectivity index (χ0n) is 16.9. The molecule has 0 fully saturated rings. The van der Waals surface area contributed by atoms with Crippen LogP contribution >= 0.6 is 0 Å². The molecule has 1 unspecified atom stereocenters. The van der Waals surface area contributed by atoms with Crippen LogP contribution in [0.2, 0.25) is 5.16 Å². The van der Waals surface area contributed by atoms with E-state index >= 15 is 0 Å². The van der Waals surface area contributed by atoms with E-state index in [-0.39, 0.29) is 11.2 Å². The van der Waals surface area contributed by atoms with Crippen LogP contribution in [0.1, 0.15) is 32.6 Å². The van der Waals surface area contributed by atoms with E-state index in [0.29, 0.717) is 6.54 Å². The van der Waals surface area contributed by atoms with E-state index in [1.807, 2.05) is 0 Å². The van der Waals surface area contributed by atoms with Gasteiger partial charge in [0.15, 0.2) is 0 Å². The van der Waals surface area contributed by atoms with Gasteiger partial charge in [0.1, 0.15) is 0 Å². The monoisotopic (exact) mass is 398 g/mol. The number of rotatable bonds is 16. The van der Waals surface area contributed by atoms with Crippen LogP contribution in [0.25, 0.3) is 0 Å². The summed E-state index contributed by atoms with van der Waals surface area (Å²) in [4.78, 5) is 0. The molecule has 8 nitrogen and oxygen atoms in total. The standard InChI is InChI=1S/C15H38N2O6Si2/c1-8-12-17-14(13-16)10-9-11-15(24(18-2,19-3)20-4)25(21-5,22-6)23-7/h14-15,17H,8-13,16H2,1-7H3. The number of nitrogens with one attached hydrogen (secondary N) is 1. The van der Waals surface area contributed by atoms with E-state index in [1.54, 1.807) is 42.7 Å². The average Bonchev–Trinajstić information content (AvgIpc) is 2.67. The van der Waals surface area contributed by atoms with Crippen LogP contribution in [0.4, 0.5) is 0 Å². The first-order chi connectivity index (χ1) is 12.0. The molecule has 0 saturated heterocycles. The summed E-state index contributed by atoms with van der Waals surface area (Å²) in [7, 11) is 3.54. The molecule has 0 aliphatic heterocycles. The molecule has 10 heteroatoms. The van der Waals surface area contributed by atoms with Gasteiger partial charge in [0.05, 0.1) is 5.16 Å². The lowest BCUT2D eigenvalue weighted by Crippen LogP contribution is -2.62. The third kappa shape index (κ3) is 6.65. The Hall–Kier alpha value is 0.114. The van der Waals surface area contributed by atoms with Crippen LogP contribution in [0.3, 0.4) is 0 Å². The van der Waals surface area contributed by atoms with E-state index < -0.39 is 17.6 Å². The summed E-state index contributed by atoms with van der Waals surface area (Å²) in [6, 6.07) is 0.285. The summed E-state index contributed by atoms with van der Waals surface area (Å²) in [6.45, 7) is 3.71. The van der Waals surface area contributed by atoms with Gasteiger partial charge in [-0.15, -0.1) is 0 Å². The van der Waals surface area contributed by atoms with Gasteiger partial charge >= 0.3 is 17.6 Å². The lowest BCUT2D eigenvalue weighted by molar-refractivity contribution is 0.0777. The smallest absolute Gasteiger partial charge is 0.377 e. The molecule has 0 radical (unpaired) electrons. The molecule has 0 aliphatic rings. The maximum atomic E-state index is 5.87. The minimum atomic E-state index is -3.02. The van der Waals surface area contributed by atoms with E-state index in [4.69, 9.17) is 32.3 Å². The van der Waals surface area contributed by atoms with Crippen molar-refractivity contribution >= 4 is 17.6 Å². The molecular weight excluding hydrogens is 360 g/mol. The van der Waals surface area contributed by atoms with Gasteiger partial charge in [-0.3, -0.25) is 0 Å². The van der Waals surface area contributed by atoms with Crippen molar-refractivity contribution in [2.24, 2.45) is 5.73 Å². The quantitative estimate of drug-likeness (QED) is 0.374. The van der Waals surface area contributed by atoms with Gasteiger partial charge in [-0.25, -0.2) is 0 Å². The number of hydrogen-bond acceptors (Lipinski definition) is 8. The average molecular weight is 399 g/mol. The Labute approximate surface area is 155 Å². The van der Waals surface area contributed by atoms with Gasteiger partial charge in [0.2, 0.25) is 0 Å². The normalized spacial score (nSPS) is 14.3. The summed E-state index contributed by atoms with van der Waals surface area (Å²) in [6.07, 6.45) is 3.67. The second-order valence-corrected chi connectivity index (χ2v) is 12.6. The van der Waals surface area contributed by atoms with Gasteiger partial charge in [-0.05, 0) is 25.8 Å². The topological polar surface area (TPSA) is 93.4 Å². The molecule has 0 rings (SSSR count). The molecule has 0 aromatic rings. The summed E-state index contributed by atoms with van der Waals surface area (Å²) in [5.41, 5.74) is 5.87. The zero-order valence-corrected chi connectivity index (χ0v) is 18.9. The minimum Gasteiger partial charge on any atom is -0.377 e. The Morgan fingerprint density at radius 2 is 1.24 bits per heavy atom. The molecule has 0 aromatic carbocycles. The number of nitrogens with two attached hydrogens (primary N) is 1. The van der Waals surface area contributed by atoms with E-state index in [2.05, 4.69) is 12.2 Å². The van der Waals surface area contributed by atoms with Crippen molar-refractivity contribution in [3.63, 3.8) is 0 Å². The highest BCUT2D eigenvalue weighted by atomic mass is 28.5. The Kier molecular flexibility index (Phi) is 13.4. The fraction of sp³-hybridized carbons (Fsp3) is 1.00. The van der Waals surface area contributed by atoms with Crippen molar-refractivity contribution in [2.45, 2.75) is 43.8 Å². The molecule has 1 atom stereocenters. The fourth-order valence-electron chi connectivity index (χ4n) is 3.14. The first-order valence-electron chi connectivity index (χ1n) is 8.73. The molecule has 0 aliphatic carbocycles.